The normalized spacial score (nSPS) is 16.9. The van der Waals surface area contributed by atoms with E-state index in [1.165, 1.54) is 6.07 Å². The molecule has 1 fully saturated rings. The van der Waals surface area contributed by atoms with Crippen molar-refractivity contribution in [2.75, 3.05) is 0 Å². The molecular weight excluding hydrogens is 416 g/mol. The average molecular weight is 428 g/mol. The van der Waals surface area contributed by atoms with Crippen LogP contribution < -0.4 is 5.32 Å². The van der Waals surface area contributed by atoms with Crippen LogP contribution in [-0.4, -0.2) is 22.5 Å². The van der Waals surface area contributed by atoms with Gasteiger partial charge in [-0.2, -0.15) is 0 Å². The number of amides is 1. The molecule has 1 saturated carbocycles. The Kier molecular flexibility index (Phi) is 4.81. The summed E-state index contributed by atoms with van der Waals surface area (Å²) in [4.78, 5) is 23.8. The van der Waals surface area contributed by atoms with Gasteiger partial charge < -0.3 is 10.4 Å². The molecule has 0 radical (unpaired) electrons. The highest BCUT2D eigenvalue weighted by molar-refractivity contribution is 14.1. The van der Waals surface area contributed by atoms with Crippen LogP contribution in [-0.2, 0) is 4.79 Å². The van der Waals surface area contributed by atoms with E-state index in [2.05, 4.69) is 5.32 Å². The first-order chi connectivity index (χ1) is 9.35. The van der Waals surface area contributed by atoms with E-state index in [1.54, 1.807) is 6.07 Å². The first kappa shape index (κ1) is 15.9. The highest BCUT2D eigenvalue weighted by Crippen LogP contribution is 2.32. The number of carbonyl (C=O) groups is 2. The van der Waals surface area contributed by atoms with E-state index in [0.29, 0.717) is 32.0 Å². The van der Waals surface area contributed by atoms with Crippen LogP contribution in [0.4, 0.5) is 0 Å². The molecule has 0 unspecified atom stereocenters. The Morgan fingerprint density at radius 3 is 2.40 bits per heavy atom. The van der Waals surface area contributed by atoms with Crippen LogP contribution in [0.15, 0.2) is 12.1 Å². The Labute approximate surface area is 140 Å². The van der Waals surface area contributed by atoms with Crippen LogP contribution in [0.2, 0.25) is 10.0 Å². The molecule has 0 atom stereocenters. The van der Waals surface area contributed by atoms with E-state index in [4.69, 9.17) is 23.2 Å². The standard InChI is InChI=1S/C13H12Cl2INO3/c14-7-5-8(10(16)9(15)6-7)11(18)17-13(12(19)20)3-1-2-4-13/h5-6H,1-4H2,(H,17,18)(H,19,20). The second kappa shape index (κ2) is 6.07. The molecule has 2 rings (SSSR count). The van der Waals surface area contributed by atoms with Crippen molar-refractivity contribution in [1.29, 1.82) is 0 Å². The SMILES string of the molecule is O=C(NC1(C(=O)O)CCCC1)c1cc(Cl)cc(Cl)c1I. The molecule has 0 saturated heterocycles. The minimum absolute atomic E-state index is 0.302. The van der Waals surface area contributed by atoms with Crippen molar-refractivity contribution in [3.8, 4) is 0 Å². The zero-order valence-electron chi connectivity index (χ0n) is 10.4. The molecule has 7 heteroatoms. The monoisotopic (exact) mass is 427 g/mol. The zero-order valence-corrected chi connectivity index (χ0v) is 14.1. The van der Waals surface area contributed by atoms with Crippen LogP contribution in [0.5, 0.6) is 0 Å². The number of halogens is 3. The third-order valence-corrected chi connectivity index (χ3v) is 5.45. The van der Waals surface area contributed by atoms with Gasteiger partial charge in [0.05, 0.1) is 10.6 Å². The lowest BCUT2D eigenvalue weighted by atomic mass is 9.97. The number of nitrogens with one attached hydrogen (secondary N) is 1. The van der Waals surface area contributed by atoms with Crippen LogP contribution in [0.25, 0.3) is 0 Å². The number of carboxylic acid groups (broad SMARTS) is 1. The number of rotatable bonds is 3. The molecular formula is C13H12Cl2INO3. The first-order valence-corrected chi connectivity index (χ1v) is 7.90. The number of hydrogen-bond donors (Lipinski definition) is 2. The fourth-order valence-electron chi connectivity index (χ4n) is 2.38. The highest BCUT2D eigenvalue weighted by atomic mass is 127. The van der Waals surface area contributed by atoms with E-state index >= 15 is 0 Å². The molecule has 0 aliphatic heterocycles. The van der Waals surface area contributed by atoms with Crippen molar-refractivity contribution >= 4 is 57.7 Å². The van der Waals surface area contributed by atoms with Gasteiger partial charge in [0, 0.05) is 8.59 Å². The van der Waals surface area contributed by atoms with Crippen molar-refractivity contribution < 1.29 is 14.7 Å². The Morgan fingerprint density at radius 2 is 1.85 bits per heavy atom. The summed E-state index contributed by atoms with van der Waals surface area (Å²) in [7, 11) is 0. The predicted molar refractivity (Wildman–Crippen MR) is 85.5 cm³/mol. The molecule has 108 valence electrons. The molecule has 1 aromatic rings. The summed E-state index contributed by atoms with van der Waals surface area (Å²) < 4.78 is 0.560. The van der Waals surface area contributed by atoms with Gasteiger partial charge in [-0.25, -0.2) is 4.79 Å². The Hall–Kier alpha value is -0.530. The summed E-state index contributed by atoms with van der Waals surface area (Å²) in [6, 6.07) is 3.04. The van der Waals surface area contributed by atoms with Crippen LogP contribution in [0, 0.1) is 3.57 Å². The molecule has 1 aromatic carbocycles. The molecule has 0 spiro atoms. The van der Waals surface area contributed by atoms with E-state index in [0.717, 1.165) is 12.8 Å². The van der Waals surface area contributed by atoms with E-state index < -0.39 is 17.4 Å². The minimum Gasteiger partial charge on any atom is -0.480 e. The minimum atomic E-state index is -1.17. The summed E-state index contributed by atoms with van der Waals surface area (Å²) in [5.41, 5.74) is -0.870. The predicted octanol–water partition coefficient (Wildman–Crippen LogP) is 3.73. The maximum absolute atomic E-state index is 12.3. The molecule has 20 heavy (non-hydrogen) atoms. The van der Waals surface area contributed by atoms with Gasteiger partial charge in [-0.1, -0.05) is 36.0 Å². The number of carboxylic acids is 1. The topological polar surface area (TPSA) is 66.4 Å². The largest absolute Gasteiger partial charge is 0.480 e. The van der Waals surface area contributed by atoms with Gasteiger partial charge in [0.25, 0.3) is 5.91 Å². The van der Waals surface area contributed by atoms with Crippen molar-refractivity contribution in [3.63, 3.8) is 0 Å². The van der Waals surface area contributed by atoms with Gasteiger partial charge in [0.1, 0.15) is 5.54 Å². The van der Waals surface area contributed by atoms with Gasteiger partial charge in [0.15, 0.2) is 0 Å². The molecule has 0 aromatic heterocycles. The van der Waals surface area contributed by atoms with Gasteiger partial charge in [0.2, 0.25) is 0 Å². The highest BCUT2D eigenvalue weighted by Gasteiger charge is 2.43. The smallest absolute Gasteiger partial charge is 0.329 e. The van der Waals surface area contributed by atoms with Gasteiger partial charge in [-0.15, -0.1) is 0 Å². The van der Waals surface area contributed by atoms with E-state index in [-0.39, 0.29) is 0 Å². The lowest BCUT2D eigenvalue weighted by molar-refractivity contribution is -0.144. The summed E-state index contributed by atoms with van der Waals surface area (Å²) in [6.07, 6.45) is 2.47. The lowest BCUT2D eigenvalue weighted by Crippen LogP contribution is -2.52. The summed E-state index contributed by atoms with van der Waals surface area (Å²) in [6.45, 7) is 0. The first-order valence-electron chi connectivity index (χ1n) is 6.06. The summed E-state index contributed by atoms with van der Waals surface area (Å²) >= 11 is 13.8. The Bertz CT molecular complexity index is 571. The molecule has 1 aliphatic rings. The third kappa shape index (κ3) is 3.04. The van der Waals surface area contributed by atoms with E-state index in [9.17, 15) is 14.7 Å². The maximum Gasteiger partial charge on any atom is 0.329 e. The fourth-order valence-corrected chi connectivity index (χ4v) is 3.43. The molecule has 1 amide bonds. The summed E-state index contributed by atoms with van der Waals surface area (Å²) in [5.74, 6) is -1.45. The quantitative estimate of drug-likeness (QED) is 0.570. The third-order valence-electron chi connectivity index (χ3n) is 3.46. The second-order valence-corrected chi connectivity index (χ2v) is 6.72. The van der Waals surface area contributed by atoms with Crippen molar-refractivity contribution in [2.24, 2.45) is 0 Å². The summed E-state index contributed by atoms with van der Waals surface area (Å²) in [5, 5.41) is 12.7. The fraction of sp³-hybridized carbons (Fsp3) is 0.385. The second-order valence-electron chi connectivity index (χ2n) is 4.80. The van der Waals surface area contributed by atoms with Crippen LogP contribution in [0.3, 0.4) is 0 Å². The number of carbonyl (C=O) groups excluding carboxylic acids is 1. The average Bonchev–Trinajstić information content (AvgIpc) is 2.83. The maximum atomic E-state index is 12.3. The molecule has 4 nitrogen and oxygen atoms in total. The van der Waals surface area contributed by atoms with Crippen molar-refractivity contribution in [3.05, 3.63) is 31.3 Å². The van der Waals surface area contributed by atoms with E-state index in [1.807, 2.05) is 22.6 Å². The molecule has 1 aliphatic carbocycles. The Balaban J connectivity index is 2.30. The molecule has 0 bridgehead atoms. The molecule has 0 heterocycles. The van der Waals surface area contributed by atoms with Gasteiger partial charge in [-0.05, 0) is 47.6 Å². The van der Waals surface area contributed by atoms with Crippen LogP contribution >= 0.6 is 45.8 Å². The number of hydrogen-bond acceptors (Lipinski definition) is 2. The van der Waals surface area contributed by atoms with Crippen LogP contribution in [0.1, 0.15) is 36.0 Å². The molecule has 2 N–H and O–H groups in total. The van der Waals surface area contributed by atoms with Gasteiger partial charge >= 0.3 is 5.97 Å². The zero-order chi connectivity index (χ0) is 14.9. The Morgan fingerprint density at radius 1 is 1.25 bits per heavy atom. The number of aliphatic carboxylic acids is 1. The van der Waals surface area contributed by atoms with Crippen molar-refractivity contribution in [2.45, 2.75) is 31.2 Å². The number of benzene rings is 1. The van der Waals surface area contributed by atoms with Gasteiger partial charge in [-0.3, -0.25) is 4.79 Å². The van der Waals surface area contributed by atoms with Crippen molar-refractivity contribution in [1.82, 2.24) is 5.32 Å². The lowest BCUT2D eigenvalue weighted by Gasteiger charge is -2.25.